The molecule has 1 heterocycles. The van der Waals surface area contributed by atoms with Gasteiger partial charge in [0.25, 0.3) is 0 Å². The van der Waals surface area contributed by atoms with Crippen LogP contribution in [0.3, 0.4) is 0 Å². The summed E-state index contributed by atoms with van der Waals surface area (Å²) >= 11 is 0. The van der Waals surface area contributed by atoms with Gasteiger partial charge < -0.3 is 14.4 Å². The number of hydrogen-bond donors (Lipinski definition) is 0. The third-order valence-electron chi connectivity index (χ3n) is 4.18. The van der Waals surface area contributed by atoms with E-state index in [0.29, 0.717) is 30.2 Å². The van der Waals surface area contributed by atoms with Crippen LogP contribution in [0, 0.1) is 17.2 Å². The number of amides is 1. The molecule has 1 atom stereocenters. The minimum absolute atomic E-state index is 0.399. The number of ether oxygens (including phenoxy) is 2. The number of rotatable bonds is 6. The summed E-state index contributed by atoms with van der Waals surface area (Å²) in [5, 5.41) is 9.26. The van der Waals surface area contributed by atoms with E-state index >= 15 is 0 Å². The van der Waals surface area contributed by atoms with Crippen LogP contribution in [-0.2, 0) is 9.59 Å². The van der Waals surface area contributed by atoms with E-state index < -0.39 is 17.6 Å². The summed E-state index contributed by atoms with van der Waals surface area (Å²) in [4.78, 5) is 26.3. The SMILES string of the molecule is COc1ccc(/C=C\C(=O)[C@H](C#N)C(=O)N2CCCCC2)cc1OC. The van der Waals surface area contributed by atoms with E-state index in [1.54, 1.807) is 36.3 Å². The van der Waals surface area contributed by atoms with E-state index in [0.717, 1.165) is 19.3 Å². The van der Waals surface area contributed by atoms with Gasteiger partial charge in [0, 0.05) is 13.1 Å². The highest BCUT2D eigenvalue weighted by molar-refractivity contribution is 6.10. The fourth-order valence-electron chi connectivity index (χ4n) is 2.77. The van der Waals surface area contributed by atoms with E-state index in [1.807, 2.05) is 6.07 Å². The lowest BCUT2D eigenvalue weighted by Crippen LogP contribution is -2.41. The second-order valence-electron chi connectivity index (χ2n) is 5.80. The Labute approximate surface area is 147 Å². The van der Waals surface area contributed by atoms with E-state index in [2.05, 4.69) is 0 Å². The molecule has 2 rings (SSSR count). The molecule has 0 spiro atoms. The minimum atomic E-state index is -1.28. The number of likely N-dealkylation sites (tertiary alicyclic amines) is 1. The number of hydrogen-bond acceptors (Lipinski definition) is 5. The van der Waals surface area contributed by atoms with Gasteiger partial charge in [-0.25, -0.2) is 0 Å². The number of nitrogens with zero attached hydrogens (tertiary/aromatic N) is 2. The van der Waals surface area contributed by atoms with Crippen LogP contribution >= 0.6 is 0 Å². The van der Waals surface area contributed by atoms with Crippen molar-refractivity contribution in [3.05, 3.63) is 29.8 Å². The molecule has 0 aliphatic carbocycles. The second-order valence-corrected chi connectivity index (χ2v) is 5.80. The average molecular weight is 342 g/mol. The Kier molecular flexibility index (Phi) is 6.58. The molecule has 1 aliphatic heterocycles. The van der Waals surface area contributed by atoms with Crippen LogP contribution in [0.4, 0.5) is 0 Å². The third kappa shape index (κ3) is 4.60. The summed E-state index contributed by atoms with van der Waals surface area (Å²) in [6, 6.07) is 7.05. The van der Waals surface area contributed by atoms with Crippen molar-refractivity contribution in [2.75, 3.05) is 27.3 Å². The molecule has 1 aromatic carbocycles. The Hall–Kier alpha value is -2.81. The predicted octanol–water partition coefficient (Wildman–Crippen LogP) is 2.44. The largest absolute Gasteiger partial charge is 0.493 e. The number of ketones is 1. The van der Waals surface area contributed by atoms with Gasteiger partial charge in [-0.1, -0.05) is 12.1 Å². The van der Waals surface area contributed by atoms with Crippen molar-refractivity contribution in [2.45, 2.75) is 19.3 Å². The zero-order valence-electron chi connectivity index (χ0n) is 14.5. The molecule has 1 fully saturated rings. The maximum absolute atomic E-state index is 12.4. The quantitative estimate of drug-likeness (QED) is 0.586. The van der Waals surface area contributed by atoms with Crippen LogP contribution in [0.15, 0.2) is 24.3 Å². The summed E-state index contributed by atoms with van der Waals surface area (Å²) in [5.74, 6) is -1.06. The van der Waals surface area contributed by atoms with Crippen molar-refractivity contribution >= 4 is 17.8 Å². The molecule has 0 aromatic heterocycles. The highest BCUT2D eigenvalue weighted by atomic mass is 16.5. The smallest absolute Gasteiger partial charge is 0.247 e. The molecule has 1 saturated heterocycles. The summed E-state index contributed by atoms with van der Waals surface area (Å²) < 4.78 is 10.4. The van der Waals surface area contributed by atoms with Crippen LogP contribution in [0.5, 0.6) is 11.5 Å². The normalized spacial score (nSPS) is 15.5. The van der Waals surface area contributed by atoms with E-state index in [4.69, 9.17) is 9.47 Å². The van der Waals surface area contributed by atoms with E-state index in [9.17, 15) is 14.9 Å². The van der Waals surface area contributed by atoms with Crippen molar-refractivity contribution < 1.29 is 19.1 Å². The second kappa shape index (κ2) is 8.88. The van der Waals surface area contributed by atoms with Gasteiger partial charge in [0.05, 0.1) is 20.3 Å². The number of nitriles is 1. The molecule has 0 radical (unpaired) electrons. The first kappa shape index (κ1) is 18.5. The zero-order chi connectivity index (χ0) is 18.2. The van der Waals surface area contributed by atoms with Crippen molar-refractivity contribution in [3.63, 3.8) is 0 Å². The van der Waals surface area contributed by atoms with Gasteiger partial charge in [-0.3, -0.25) is 9.59 Å². The Morgan fingerprint density at radius 1 is 1.16 bits per heavy atom. The van der Waals surface area contributed by atoms with Crippen molar-refractivity contribution in [2.24, 2.45) is 5.92 Å². The number of carbonyl (C=O) groups is 2. The van der Waals surface area contributed by atoms with Gasteiger partial charge in [-0.05, 0) is 43.0 Å². The van der Waals surface area contributed by atoms with Crippen molar-refractivity contribution in [1.29, 1.82) is 5.26 Å². The van der Waals surface area contributed by atoms with Crippen LogP contribution in [-0.4, -0.2) is 43.9 Å². The summed E-state index contributed by atoms with van der Waals surface area (Å²) in [6.45, 7) is 1.23. The fourth-order valence-corrected chi connectivity index (χ4v) is 2.77. The predicted molar refractivity (Wildman–Crippen MR) is 93.1 cm³/mol. The summed E-state index contributed by atoms with van der Waals surface area (Å²) in [7, 11) is 3.07. The van der Waals surface area contributed by atoms with Crippen LogP contribution in [0.25, 0.3) is 6.08 Å². The number of allylic oxidation sites excluding steroid dienone is 1. The molecule has 1 amide bonds. The number of piperidine rings is 1. The van der Waals surface area contributed by atoms with Gasteiger partial charge in [-0.2, -0.15) is 5.26 Å². The Balaban J connectivity index is 2.09. The van der Waals surface area contributed by atoms with Gasteiger partial charge >= 0.3 is 0 Å². The van der Waals surface area contributed by atoms with Crippen molar-refractivity contribution in [1.82, 2.24) is 4.90 Å². The first-order chi connectivity index (χ1) is 12.1. The van der Waals surface area contributed by atoms with Crippen molar-refractivity contribution in [3.8, 4) is 17.6 Å². The molecule has 0 saturated carbocycles. The third-order valence-corrected chi connectivity index (χ3v) is 4.18. The lowest BCUT2D eigenvalue weighted by molar-refractivity contribution is -0.138. The summed E-state index contributed by atoms with van der Waals surface area (Å²) in [5.41, 5.74) is 0.716. The number of benzene rings is 1. The molecular weight excluding hydrogens is 320 g/mol. The Morgan fingerprint density at radius 3 is 2.44 bits per heavy atom. The number of methoxy groups -OCH3 is 2. The molecule has 6 nitrogen and oxygen atoms in total. The maximum Gasteiger partial charge on any atom is 0.247 e. The highest BCUT2D eigenvalue weighted by Crippen LogP contribution is 2.28. The number of carbonyl (C=O) groups excluding carboxylic acids is 2. The van der Waals surface area contributed by atoms with Crippen LogP contribution in [0.1, 0.15) is 24.8 Å². The molecule has 25 heavy (non-hydrogen) atoms. The molecule has 6 heteroatoms. The fraction of sp³-hybridized carbons (Fsp3) is 0.421. The Bertz CT molecular complexity index is 700. The average Bonchev–Trinajstić information content (AvgIpc) is 2.67. The highest BCUT2D eigenvalue weighted by Gasteiger charge is 2.29. The topological polar surface area (TPSA) is 79.6 Å². The van der Waals surface area contributed by atoms with Crippen LogP contribution in [0.2, 0.25) is 0 Å². The van der Waals surface area contributed by atoms with E-state index in [-0.39, 0.29) is 0 Å². The van der Waals surface area contributed by atoms with Gasteiger partial charge in [0.2, 0.25) is 5.91 Å². The van der Waals surface area contributed by atoms with Gasteiger partial charge in [-0.15, -0.1) is 0 Å². The molecule has 0 N–H and O–H groups in total. The van der Waals surface area contributed by atoms with E-state index in [1.165, 1.54) is 13.2 Å². The molecule has 0 unspecified atom stereocenters. The monoisotopic (exact) mass is 342 g/mol. The molecule has 132 valence electrons. The molecule has 0 bridgehead atoms. The summed E-state index contributed by atoms with van der Waals surface area (Å²) in [6.07, 6.45) is 5.75. The molecular formula is C19H22N2O4. The first-order valence-corrected chi connectivity index (χ1v) is 8.23. The first-order valence-electron chi connectivity index (χ1n) is 8.23. The lowest BCUT2D eigenvalue weighted by Gasteiger charge is -2.27. The zero-order valence-corrected chi connectivity index (χ0v) is 14.5. The minimum Gasteiger partial charge on any atom is -0.493 e. The Morgan fingerprint density at radius 2 is 1.84 bits per heavy atom. The maximum atomic E-state index is 12.4. The van der Waals surface area contributed by atoms with Gasteiger partial charge in [0.15, 0.2) is 23.2 Å². The van der Waals surface area contributed by atoms with Crippen LogP contribution < -0.4 is 9.47 Å². The van der Waals surface area contributed by atoms with Gasteiger partial charge in [0.1, 0.15) is 0 Å². The lowest BCUT2D eigenvalue weighted by atomic mass is 10.0. The molecule has 1 aromatic rings. The molecule has 1 aliphatic rings. The standard InChI is InChI=1S/C19H22N2O4/c1-24-17-9-7-14(12-18(17)25-2)6-8-16(22)15(13-20)19(23)21-10-4-3-5-11-21/h6-9,12,15H,3-5,10-11H2,1-2H3/b8-6-/t15-/m0/s1.